The summed E-state index contributed by atoms with van der Waals surface area (Å²) in [5, 5.41) is 6.96. The summed E-state index contributed by atoms with van der Waals surface area (Å²) < 4.78 is 5.07. The average molecular weight is 247 g/mol. The number of carbonyl (C=O) groups excluding carboxylic acids is 1. The lowest BCUT2D eigenvalue weighted by molar-refractivity contribution is -0.115. The third kappa shape index (κ3) is 3.00. The summed E-state index contributed by atoms with van der Waals surface area (Å²) in [7, 11) is 1.62. The molecule has 0 spiro atoms. The van der Waals surface area contributed by atoms with E-state index in [0.29, 0.717) is 18.1 Å². The highest BCUT2D eigenvalue weighted by molar-refractivity contribution is 6.39. The number of nitrogens with one attached hydrogen (secondary N) is 2. The Morgan fingerprint density at radius 1 is 1.39 bits per heavy atom. The van der Waals surface area contributed by atoms with Gasteiger partial charge in [-0.3, -0.25) is 10.2 Å². The summed E-state index contributed by atoms with van der Waals surface area (Å²) in [5.74, 6) is 1.13. The number of hydrogen-bond donors (Lipinski definition) is 2. The molecule has 5 nitrogen and oxygen atoms in total. The average Bonchev–Trinajstić information content (AvgIpc) is 2.40. The van der Waals surface area contributed by atoms with Crippen molar-refractivity contribution in [3.8, 4) is 5.75 Å². The molecule has 5 heteroatoms. The fourth-order valence-electron chi connectivity index (χ4n) is 1.76. The van der Waals surface area contributed by atoms with Crippen LogP contribution in [0.4, 0.5) is 5.69 Å². The van der Waals surface area contributed by atoms with Crippen LogP contribution in [0, 0.1) is 5.92 Å². The molecular weight excluding hydrogens is 230 g/mol. The van der Waals surface area contributed by atoms with Crippen LogP contribution in [0.3, 0.4) is 0 Å². The van der Waals surface area contributed by atoms with Crippen LogP contribution in [0.5, 0.6) is 5.75 Å². The van der Waals surface area contributed by atoms with Crippen molar-refractivity contribution in [2.75, 3.05) is 19.1 Å². The van der Waals surface area contributed by atoms with Crippen LogP contribution < -0.4 is 15.5 Å². The third-order valence-electron chi connectivity index (χ3n) is 2.82. The summed E-state index contributed by atoms with van der Waals surface area (Å²) in [6.07, 6.45) is 0.703. The number of nitrogens with zero attached hydrogens (tertiary/aromatic N) is 1. The van der Waals surface area contributed by atoms with Crippen LogP contribution >= 0.6 is 0 Å². The van der Waals surface area contributed by atoms with Gasteiger partial charge in [-0.1, -0.05) is 6.92 Å². The predicted octanol–water partition coefficient (Wildman–Crippen LogP) is 1.62. The van der Waals surface area contributed by atoms with Gasteiger partial charge in [0.15, 0.2) is 0 Å². The molecule has 0 saturated carbocycles. The van der Waals surface area contributed by atoms with E-state index in [1.54, 1.807) is 7.11 Å². The van der Waals surface area contributed by atoms with Crippen molar-refractivity contribution < 1.29 is 9.53 Å². The van der Waals surface area contributed by atoms with Crippen molar-refractivity contribution in [1.82, 2.24) is 5.32 Å². The zero-order chi connectivity index (χ0) is 13.0. The Kier molecular flexibility index (Phi) is 3.82. The summed E-state index contributed by atoms with van der Waals surface area (Å²) in [6, 6.07) is 7.39. The highest BCUT2D eigenvalue weighted by Crippen LogP contribution is 2.15. The minimum absolute atomic E-state index is 0.0888. The Labute approximate surface area is 106 Å². The topological polar surface area (TPSA) is 62.7 Å². The van der Waals surface area contributed by atoms with Crippen molar-refractivity contribution in [2.24, 2.45) is 11.0 Å². The Morgan fingerprint density at radius 3 is 2.78 bits per heavy atom. The normalized spacial score (nSPS) is 21.6. The lowest BCUT2D eigenvalue weighted by Crippen LogP contribution is -2.41. The van der Waals surface area contributed by atoms with Gasteiger partial charge in [-0.25, -0.2) is 0 Å². The van der Waals surface area contributed by atoms with Crippen molar-refractivity contribution >= 4 is 17.3 Å². The second-order valence-electron chi connectivity index (χ2n) is 4.42. The van der Waals surface area contributed by atoms with Crippen molar-refractivity contribution in [1.29, 1.82) is 0 Å². The van der Waals surface area contributed by atoms with E-state index in [2.05, 4.69) is 22.8 Å². The first-order valence-electron chi connectivity index (χ1n) is 5.94. The fraction of sp³-hybridized carbons (Fsp3) is 0.385. The molecule has 18 heavy (non-hydrogen) atoms. The van der Waals surface area contributed by atoms with E-state index in [0.717, 1.165) is 18.0 Å². The first-order valence-corrected chi connectivity index (χ1v) is 5.94. The Hall–Kier alpha value is -2.04. The molecule has 0 aromatic heterocycles. The molecule has 1 heterocycles. The van der Waals surface area contributed by atoms with E-state index < -0.39 is 0 Å². The van der Waals surface area contributed by atoms with Crippen LogP contribution in [-0.4, -0.2) is 25.3 Å². The quantitative estimate of drug-likeness (QED) is 0.798. The second kappa shape index (κ2) is 5.53. The molecule has 2 rings (SSSR count). The number of carbonyl (C=O) groups is 1. The number of amides is 1. The minimum atomic E-state index is -0.0888. The van der Waals surface area contributed by atoms with E-state index in [4.69, 9.17) is 4.74 Å². The lowest BCUT2D eigenvalue weighted by Gasteiger charge is -2.19. The maximum absolute atomic E-state index is 11.6. The van der Waals surface area contributed by atoms with Crippen molar-refractivity contribution in [3.63, 3.8) is 0 Å². The van der Waals surface area contributed by atoms with Gasteiger partial charge in [0.05, 0.1) is 12.8 Å². The van der Waals surface area contributed by atoms with Gasteiger partial charge in [0, 0.05) is 13.0 Å². The van der Waals surface area contributed by atoms with Crippen LogP contribution in [0.15, 0.2) is 29.4 Å². The van der Waals surface area contributed by atoms with Crippen molar-refractivity contribution in [2.45, 2.75) is 13.3 Å². The minimum Gasteiger partial charge on any atom is -0.497 e. The van der Waals surface area contributed by atoms with Crippen LogP contribution in [0.25, 0.3) is 0 Å². The van der Waals surface area contributed by atoms with Gasteiger partial charge < -0.3 is 10.1 Å². The standard InChI is InChI=1S/C13H17N3O2/c1-9-7-12(13(17)14-8-9)16-15-10-3-5-11(18-2)6-4-10/h3-6,9,15H,7-8H2,1-2H3,(H,14,17). The second-order valence-corrected chi connectivity index (χ2v) is 4.42. The van der Waals surface area contributed by atoms with Crippen LogP contribution in [0.1, 0.15) is 13.3 Å². The number of ether oxygens (including phenoxy) is 1. The van der Waals surface area contributed by atoms with Crippen LogP contribution in [0.2, 0.25) is 0 Å². The molecule has 1 fully saturated rings. The smallest absolute Gasteiger partial charge is 0.267 e. The molecule has 2 N–H and O–H groups in total. The molecule has 1 aliphatic heterocycles. The first kappa shape index (κ1) is 12.4. The monoisotopic (exact) mass is 247 g/mol. The molecule has 0 aliphatic carbocycles. The van der Waals surface area contributed by atoms with Gasteiger partial charge in [0.25, 0.3) is 5.91 Å². The van der Waals surface area contributed by atoms with Crippen molar-refractivity contribution in [3.05, 3.63) is 24.3 Å². The molecule has 0 bridgehead atoms. The molecule has 1 aliphatic rings. The maximum Gasteiger partial charge on any atom is 0.267 e. The highest BCUT2D eigenvalue weighted by atomic mass is 16.5. The Bertz CT molecular complexity index is 454. The number of rotatable bonds is 3. The summed E-state index contributed by atoms with van der Waals surface area (Å²) in [5.41, 5.74) is 4.26. The number of benzene rings is 1. The molecule has 1 aromatic rings. The fourth-order valence-corrected chi connectivity index (χ4v) is 1.76. The summed E-state index contributed by atoms with van der Waals surface area (Å²) in [6.45, 7) is 2.81. The zero-order valence-corrected chi connectivity index (χ0v) is 10.6. The number of hydrazone groups is 1. The summed E-state index contributed by atoms with van der Waals surface area (Å²) >= 11 is 0. The Morgan fingerprint density at radius 2 is 2.11 bits per heavy atom. The number of methoxy groups -OCH3 is 1. The van der Waals surface area contributed by atoms with E-state index >= 15 is 0 Å². The van der Waals surface area contributed by atoms with Gasteiger partial charge in [0.1, 0.15) is 11.5 Å². The molecule has 1 atom stereocenters. The molecule has 1 amide bonds. The van der Waals surface area contributed by atoms with Gasteiger partial charge in [-0.2, -0.15) is 5.10 Å². The van der Waals surface area contributed by atoms with E-state index in [1.807, 2.05) is 24.3 Å². The van der Waals surface area contributed by atoms with Gasteiger partial charge in [-0.15, -0.1) is 0 Å². The molecule has 1 aromatic carbocycles. The first-order chi connectivity index (χ1) is 8.69. The van der Waals surface area contributed by atoms with Gasteiger partial charge in [-0.05, 0) is 30.2 Å². The van der Waals surface area contributed by atoms with Crippen LogP contribution in [-0.2, 0) is 4.79 Å². The largest absolute Gasteiger partial charge is 0.497 e. The van der Waals surface area contributed by atoms with E-state index in [-0.39, 0.29) is 5.91 Å². The maximum atomic E-state index is 11.6. The van der Waals surface area contributed by atoms with E-state index in [9.17, 15) is 4.79 Å². The molecule has 1 saturated heterocycles. The molecule has 0 radical (unpaired) electrons. The number of hydrogen-bond acceptors (Lipinski definition) is 4. The Balaban J connectivity index is 2.02. The van der Waals surface area contributed by atoms with Gasteiger partial charge in [0.2, 0.25) is 0 Å². The third-order valence-corrected chi connectivity index (χ3v) is 2.82. The van der Waals surface area contributed by atoms with Gasteiger partial charge >= 0.3 is 0 Å². The molecule has 96 valence electrons. The summed E-state index contributed by atoms with van der Waals surface area (Å²) in [4.78, 5) is 11.6. The number of anilines is 1. The molecular formula is C13H17N3O2. The van der Waals surface area contributed by atoms with E-state index in [1.165, 1.54) is 0 Å². The molecule has 1 unspecified atom stereocenters. The highest BCUT2D eigenvalue weighted by Gasteiger charge is 2.21. The zero-order valence-electron chi connectivity index (χ0n) is 10.6. The lowest BCUT2D eigenvalue weighted by atomic mass is 10.00. The predicted molar refractivity (Wildman–Crippen MR) is 70.8 cm³/mol. The SMILES string of the molecule is COc1ccc(NN=C2CC(C)CNC2=O)cc1. The number of piperidine rings is 1.